The summed E-state index contributed by atoms with van der Waals surface area (Å²) in [5, 5.41) is 5.31. The van der Waals surface area contributed by atoms with Crippen molar-refractivity contribution >= 4 is 29.1 Å². The molecule has 5 heteroatoms. The van der Waals surface area contributed by atoms with Gasteiger partial charge in [-0.3, -0.25) is 4.79 Å². The molecule has 2 aromatic carbocycles. The van der Waals surface area contributed by atoms with Crippen LogP contribution in [-0.4, -0.2) is 43.9 Å². The summed E-state index contributed by atoms with van der Waals surface area (Å²) < 4.78 is 5.53. The number of nitrogens with zero attached hydrogens (tertiary/aromatic N) is 2. The first-order valence-corrected chi connectivity index (χ1v) is 11.2. The van der Waals surface area contributed by atoms with Crippen LogP contribution in [0.4, 0.5) is 0 Å². The molecule has 1 N–H and O–H groups in total. The van der Waals surface area contributed by atoms with Crippen LogP contribution >= 0.6 is 0 Å². The minimum atomic E-state index is -0.0466. The predicted molar refractivity (Wildman–Crippen MR) is 130 cm³/mol. The van der Waals surface area contributed by atoms with Crippen molar-refractivity contribution < 1.29 is 9.53 Å². The minimum absolute atomic E-state index is 0.0466. The van der Waals surface area contributed by atoms with Crippen molar-refractivity contribution in [3.63, 3.8) is 0 Å². The Morgan fingerprint density at radius 1 is 1.19 bits per heavy atom. The van der Waals surface area contributed by atoms with Gasteiger partial charge in [0, 0.05) is 37.3 Å². The first-order valence-electron chi connectivity index (χ1n) is 11.2. The fourth-order valence-electron chi connectivity index (χ4n) is 3.82. The van der Waals surface area contributed by atoms with E-state index in [1.807, 2.05) is 36.8 Å². The average Bonchev–Trinajstić information content (AvgIpc) is 2.81. The molecule has 0 radical (unpaired) electrons. The van der Waals surface area contributed by atoms with Gasteiger partial charge in [-0.1, -0.05) is 37.6 Å². The predicted octanol–water partition coefficient (Wildman–Crippen LogP) is 4.96. The number of nitrogens with one attached hydrogen (secondary N) is 1. The van der Waals surface area contributed by atoms with Crippen LogP contribution in [0.1, 0.15) is 43.7 Å². The Bertz CT molecular complexity index is 963. The third-order valence-electron chi connectivity index (χ3n) is 5.52. The Kier molecular flexibility index (Phi) is 8.71. The first-order chi connectivity index (χ1) is 15.2. The lowest BCUT2D eigenvalue weighted by Crippen LogP contribution is -2.26. The van der Waals surface area contributed by atoms with Crippen LogP contribution in [0, 0.1) is 0 Å². The molecule has 0 unspecified atom stereocenters. The van der Waals surface area contributed by atoms with Crippen LogP contribution in [-0.2, 0) is 11.2 Å². The van der Waals surface area contributed by atoms with Gasteiger partial charge in [0.05, 0.1) is 13.4 Å². The number of aryl methyl sites for hydroxylation is 1. The van der Waals surface area contributed by atoms with Gasteiger partial charge in [-0.25, -0.2) is 4.99 Å². The number of amides is 1. The van der Waals surface area contributed by atoms with Gasteiger partial charge in [0.25, 0.3) is 0 Å². The Hall–Kier alpha value is -3.08. The molecule has 1 aliphatic rings. The number of ether oxygens (including phenoxy) is 1. The topological polar surface area (TPSA) is 53.9 Å². The SMILES string of the molecule is CCCCc1c(C=CC(=O)NCCCCN2C=NC=CC2)ccc2c(OC)cccc12. The summed E-state index contributed by atoms with van der Waals surface area (Å²) in [5.41, 5.74) is 2.38. The molecule has 0 aromatic heterocycles. The van der Waals surface area contributed by atoms with Crippen LogP contribution in [0.25, 0.3) is 16.8 Å². The number of hydrogen-bond donors (Lipinski definition) is 1. The Morgan fingerprint density at radius 2 is 2.10 bits per heavy atom. The van der Waals surface area contributed by atoms with Crippen molar-refractivity contribution in [3.8, 4) is 5.75 Å². The number of methoxy groups -OCH3 is 1. The first kappa shape index (κ1) is 22.6. The molecular weight excluding hydrogens is 386 g/mol. The normalized spacial score (nSPS) is 13.3. The molecule has 3 rings (SSSR count). The van der Waals surface area contributed by atoms with Gasteiger partial charge in [0.1, 0.15) is 5.75 Å². The second-order valence-corrected chi connectivity index (χ2v) is 7.77. The smallest absolute Gasteiger partial charge is 0.243 e. The Labute approximate surface area is 185 Å². The maximum Gasteiger partial charge on any atom is 0.243 e. The lowest BCUT2D eigenvalue weighted by molar-refractivity contribution is -0.116. The number of rotatable bonds is 11. The molecule has 1 amide bonds. The fourth-order valence-corrected chi connectivity index (χ4v) is 3.82. The van der Waals surface area contributed by atoms with Crippen LogP contribution in [0.5, 0.6) is 5.75 Å². The molecule has 164 valence electrons. The highest BCUT2D eigenvalue weighted by atomic mass is 16.5. The highest BCUT2D eigenvalue weighted by Crippen LogP contribution is 2.31. The van der Waals surface area contributed by atoms with Crippen molar-refractivity contribution in [2.24, 2.45) is 4.99 Å². The van der Waals surface area contributed by atoms with Crippen LogP contribution < -0.4 is 10.1 Å². The van der Waals surface area contributed by atoms with E-state index in [9.17, 15) is 4.79 Å². The van der Waals surface area contributed by atoms with Crippen LogP contribution in [0.2, 0.25) is 0 Å². The summed E-state index contributed by atoms with van der Waals surface area (Å²) in [6.45, 7) is 4.75. The fraction of sp³-hybridized carbons (Fsp3) is 0.385. The summed E-state index contributed by atoms with van der Waals surface area (Å²) in [5.74, 6) is 0.838. The van der Waals surface area contributed by atoms with Gasteiger partial charge < -0.3 is 15.0 Å². The lowest BCUT2D eigenvalue weighted by atomic mass is 9.94. The van der Waals surface area contributed by atoms with E-state index in [0.29, 0.717) is 6.54 Å². The zero-order valence-electron chi connectivity index (χ0n) is 18.6. The summed E-state index contributed by atoms with van der Waals surface area (Å²) in [7, 11) is 1.70. The summed E-state index contributed by atoms with van der Waals surface area (Å²) >= 11 is 0. The highest BCUT2D eigenvalue weighted by molar-refractivity contribution is 5.96. The van der Waals surface area contributed by atoms with Gasteiger partial charge in [0.2, 0.25) is 5.91 Å². The van der Waals surface area contributed by atoms with E-state index in [4.69, 9.17) is 4.74 Å². The van der Waals surface area contributed by atoms with E-state index < -0.39 is 0 Å². The molecule has 0 saturated heterocycles. The third-order valence-corrected chi connectivity index (χ3v) is 5.52. The maximum atomic E-state index is 12.3. The number of unbranched alkanes of at least 4 members (excludes halogenated alkanes) is 2. The van der Waals surface area contributed by atoms with E-state index in [-0.39, 0.29) is 5.91 Å². The van der Waals surface area contributed by atoms with E-state index in [0.717, 1.165) is 61.9 Å². The Morgan fingerprint density at radius 3 is 2.87 bits per heavy atom. The lowest BCUT2D eigenvalue weighted by Gasteiger charge is -2.18. The number of fused-ring (bicyclic) bond motifs is 1. The Balaban J connectivity index is 1.58. The number of carbonyl (C=O) groups excluding carboxylic acids is 1. The van der Waals surface area contributed by atoms with Gasteiger partial charge in [-0.05, 0) is 60.4 Å². The monoisotopic (exact) mass is 419 g/mol. The van der Waals surface area contributed by atoms with Gasteiger partial charge >= 0.3 is 0 Å². The van der Waals surface area contributed by atoms with Crippen molar-refractivity contribution in [3.05, 3.63) is 59.8 Å². The van der Waals surface area contributed by atoms with Crippen molar-refractivity contribution in [2.75, 3.05) is 26.7 Å². The van der Waals surface area contributed by atoms with Crippen molar-refractivity contribution in [2.45, 2.75) is 39.0 Å². The molecule has 31 heavy (non-hydrogen) atoms. The number of benzene rings is 2. The van der Waals surface area contributed by atoms with Crippen molar-refractivity contribution in [1.82, 2.24) is 10.2 Å². The second kappa shape index (κ2) is 11.9. The average molecular weight is 420 g/mol. The molecule has 2 aromatic rings. The molecule has 0 bridgehead atoms. The van der Waals surface area contributed by atoms with Gasteiger partial charge in [-0.2, -0.15) is 0 Å². The number of hydrogen-bond acceptors (Lipinski definition) is 4. The molecule has 5 nitrogen and oxygen atoms in total. The highest BCUT2D eigenvalue weighted by Gasteiger charge is 2.09. The molecule has 0 atom stereocenters. The van der Waals surface area contributed by atoms with Gasteiger partial charge in [-0.15, -0.1) is 0 Å². The molecule has 1 heterocycles. The van der Waals surface area contributed by atoms with E-state index in [1.54, 1.807) is 13.2 Å². The third kappa shape index (κ3) is 6.45. The van der Waals surface area contributed by atoms with E-state index in [1.165, 1.54) is 10.9 Å². The largest absolute Gasteiger partial charge is 0.496 e. The molecule has 0 aliphatic carbocycles. The molecule has 0 saturated carbocycles. The molecule has 1 aliphatic heterocycles. The minimum Gasteiger partial charge on any atom is -0.496 e. The van der Waals surface area contributed by atoms with E-state index in [2.05, 4.69) is 40.3 Å². The number of carbonyl (C=O) groups is 1. The maximum absolute atomic E-state index is 12.3. The van der Waals surface area contributed by atoms with Crippen LogP contribution in [0.15, 0.2) is 53.7 Å². The van der Waals surface area contributed by atoms with Crippen LogP contribution in [0.3, 0.4) is 0 Å². The van der Waals surface area contributed by atoms with Gasteiger partial charge in [0.15, 0.2) is 0 Å². The zero-order chi connectivity index (χ0) is 21.9. The van der Waals surface area contributed by atoms with Crippen molar-refractivity contribution in [1.29, 1.82) is 0 Å². The molecule has 0 spiro atoms. The van der Waals surface area contributed by atoms with E-state index >= 15 is 0 Å². The summed E-state index contributed by atoms with van der Waals surface area (Å²) in [4.78, 5) is 18.6. The number of aliphatic imine (C=N–C) groups is 1. The quantitative estimate of drug-likeness (QED) is 0.414. The molecule has 0 fully saturated rings. The summed E-state index contributed by atoms with van der Waals surface area (Å²) in [6, 6.07) is 10.3. The summed E-state index contributed by atoms with van der Waals surface area (Å²) in [6.07, 6.45) is 14.5. The second-order valence-electron chi connectivity index (χ2n) is 7.77. The standard InChI is InChI=1S/C26H33N3O2/c1-3-4-9-22-21(12-14-24-23(22)10-7-11-25(24)31-2)13-15-26(30)28-17-5-6-18-29-19-8-16-27-20-29/h7-8,10-16,20H,3-6,9,17-19H2,1-2H3,(H,28,30). The zero-order valence-corrected chi connectivity index (χ0v) is 18.6. The molecular formula is C26H33N3O2.